The van der Waals surface area contributed by atoms with Gasteiger partial charge in [-0.2, -0.15) is 0 Å². The molecule has 4 N–H and O–H groups in total. The summed E-state index contributed by atoms with van der Waals surface area (Å²) < 4.78 is 0. The summed E-state index contributed by atoms with van der Waals surface area (Å²) in [6.45, 7) is 0. The van der Waals surface area contributed by atoms with Crippen molar-refractivity contribution in [3.63, 3.8) is 0 Å². The Morgan fingerprint density at radius 2 is 0.944 bits per heavy atom. The summed E-state index contributed by atoms with van der Waals surface area (Å²) in [6.07, 6.45) is -2.61. The zero-order valence-electron chi connectivity index (χ0n) is 9.56. The lowest BCUT2D eigenvalue weighted by Gasteiger charge is -2.20. The molecule has 0 unspecified atom stereocenters. The van der Waals surface area contributed by atoms with E-state index < -0.39 is 12.2 Å². The van der Waals surface area contributed by atoms with E-state index in [1.807, 2.05) is 0 Å². The van der Waals surface area contributed by atoms with Gasteiger partial charge in [0.2, 0.25) is 0 Å². The number of phenols is 2. The van der Waals surface area contributed by atoms with Crippen LogP contribution >= 0.6 is 0 Å². The van der Waals surface area contributed by atoms with E-state index >= 15 is 0 Å². The Hall–Kier alpha value is -2.04. The Bertz CT molecular complexity index is 489. The Kier molecular flexibility index (Phi) is 3.50. The molecule has 4 nitrogen and oxygen atoms in total. The molecule has 0 saturated heterocycles. The van der Waals surface area contributed by atoms with Crippen molar-refractivity contribution in [1.29, 1.82) is 0 Å². The molecule has 94 valence electrons. The van der Waals surface area contributed by atoms with Gasteiger partial charge in [0, 0.05) is 11.1 Å². The first kappa shape index (κ1) is 12.4. The molecule has 2 rings (SSSR count). The van der Waals surface area contributed by atoms with Gasteiger partial charge in [-0.3, -0.25) is 0 Å². The second-order valence-electron chi connectivity index (χ2n) is 4.01. The van der Waals surface area contributed by atoms with Crippen LogP contribution in [0.1, 0.15) is 23.3 Å². The van der Waals surface area contributed by atoms with Crippen molar-refractivity contribution in [2.75, 3.05) is 0 Å². The predicted octanol–water partition coefficient (Wildman–Crippen LogP) is 1.86. The average Bonchev–Trinajstić information content (AvgIpc) is 2.38. The minimum absolute atomic E-state index is 0.0977. The van der Waals surface area contributed by atoms with Crippen LogP contribution in [0.25, 0.3) is 0 Å². The van der Waals surface area contributed by atoms with E-state index in [2.05, 4.69) is 0 Å². The molecule has 0 aromatic heterocycles. The van der Waals surface area contributed by atoms with E-state index in [0.717, 1.165) is 0 Å². The number of rotatable bonds is 3. The van der Waals surface area contributed by atoms with Crippen LogP contribution < -0.4 is 0 Å². The molecule has 0 aliphatic rings. The van der Waals surface area contributed by atoms with E-state index in [1.165, 1.54) is 24.3 Å². The highest BCUT2D eigenvalue weighted by atomic mass is 16.3. The SMILES string of the molecule is Oc1ccccc1[C@@H](O)[C@H](O)c1ccccc1O. The summed E-state index contributed by atoms with van der Waals surface area (Å²) in [7, 11) is 0. The average molecular weight is 246 g/mol. The molecule has 0 aliphatic heterocycles. The third-order valence-corrected chi connectivity index (χ3v) is 2.81. The first-order valence-electron chi connectivity index (χ1n) is 5.53. The van der Waals surface area contributed by atoms with Gasteiger partial charge in [0.05, 0.1) is 0 Å². The molecular weight excluding hydrogens is 232 g/mol. The molecule has 0 bridgehead atoms. The van der Waals surface area contributed by atoms with Gasteiger partial charge in [0.25, 0.3) is 0 Å². The molecule has 4 heteroatoms. The molecule has 2 aromatic rings. The van der Waals surface area contributed by atoms with E-state index in [0.29, 0.717) is 0 Å². The minimum Gasteiger partial charge on any atom is -0.508 e. The van der Waals surface area contributed by atoms with E-state index in [-0.39, 0.29) is 22.6 Å². The van der Waals surface area contributed by atoms with Gasteiger partial charge < -0.3 is 20.4 Å². The lowest BCUT2D eigenvalue weighted by molar-refractivity contribution is 0.0145. The smallest absolute Gasteiger partial charge is 0.121 e. The lowest BCUT2D eigenvalue weighted by atomic mass is 9.97. The van der Waals surface area contributed by atoms with Crippen LogP contribution in [0.5, 0.6) is 11.5 Å². The number of aliphatic hydroxyl groups excluding tert-OH is 2. The predicted molar refractivity (Wildman–Crippen MR) is 66.1 cm³/mol. The standard InChI is InChI=1S/C14H14O4/c15-11-7-3-1-5-9(11)13(17)14(18)10-6-2-4-8-12(10)16/h1-8,13-18H/t13-,14-/m1/s1. The van der Waals surface area contributed by atoms with Crippen LogP contribution in [0.2, 0.25) is 0 Å². The molecule has 0 spiro atoms. The molecule has 0 amide bonds. The highest BCUT2D eigenvalue weighted by Crippen LogP contribution is 2.36. The maximum absolute atomic E-state index is 10.0. The van der Waals surface area contributed by atoms with Crippen LogP contribution in [-0.4, -0.2) is 20.4 Å². The molecule has 0 fully saturated rings. The van der Waals surface area contributed by atoms with Crippen molar-refractivity contribution in [1.82, 2.24) is 0 Å². The number of aromatic hydroxyl groups is 2. The molecule has 2 aromatic carbocycles. The maximum Gasteiger partial charge on any atom is 0.121 e. The number of para-hydroxylation sites is 2. The Balaban J connectivity index is 2.33. The molecule has 0 heterocycles. The van der Waals surface area contributed by atoms with Gasteiger partial charge in [0.1, 0.15) is 23.7 Å². The summed E-state index contributed by atoms with van der Waals surface area (Å²) in [5, 5.41) is 39.3. The quantitative estimate of drug-likeness (QED) is 0.666. The van der Waals surface area contributed by atoms with Crippen molar-refractivity contribution in [2.24, 2.45) is 0 Å². The van der Waals surface area contributed by atoms with Gasteiger partial charge in [-0.1, -0.05) is 36.4 Å². The lowest BCUT2D eigenvalue weighted by Crippen LogP contribution is -2.10. The zero-order valence-corrected chi connectivity index (χ0v) is 9.56. The van der Waals surface area contributed by atoms with E-state index in [1.54, 1.807) is 24.3 Å². The van der Waals surface area contributed by atoms with Crippen LogP contribution in [0.15, 0.2) is 48.5 Å². The number of aliphatic hydroxyl groups is 2. The Morgan fingerprint density at radius 3 is 1.28 bits per heavy atom. The van der Waals surface area contributed by atoms with Gasteiger partial charge in [-0.25, -0.2) is 0 Å². The van der Waals surface area contributed by atoms with E-state index in [4.69, 9.17) is 0 Å². The molecule has 0 radical (unpaired) electrons. The highest BCUT2D eigenvalue weighted by molar-refractivity contribution is 5.39. The maximum atomic E-state index is 10.0. The summed E-state index contributed by atoms with van der Waals surface area (Å²) in [6, 6.07) is 12.4. The first-order chi connectivity index (χ1) is 8.61. The van der Waals surface area contributed by atoms with Crippen molar-refractivity contribution in [3.05, 3.63) is 59.7 Å². The monoisotopic (exact) mass is 246 g/mol. The Morgan fingerprint density at radius 1 is 0.611 bits per heavy atom. The topological polar surface area (TPSA) is 80.9 Å². The summed E-state index contributed by atoms with van der Waals surface area (Å²) in [5.41, 5.74) is 0.432. The fourth-order valence-corrected chi connectivity index (χ4v) is 1.82. The van der Waals surface area contributed by atoms with Gasteiger partial charge >= 0.3 is 0 Å². The van der Waals surface area contributed by atoms with Crippen LogP contribution in [0.4, 0.5) is 0 Å². The number of hydrogen-bond acceptors (Lipinski definition) is 4. The van der Waals surface area contributed by atoms with Gasteiger partial charge in [-0.05, 0) is 12.1 Å². The van der Waals surface area contributed by atoms with Crippen molar-refractivity contribution in [3.8, 4) is 11.5 Å². The summed E-state index contributed by atoms with van der Waals surface area (Å²) in [4.78, 5) is 0. The summed E-state index contributed by atoms with van der Waals surface area (Å²) >= 11 is 0. The molecule has 0 saturated carbocycles. The molecule has 2 atom stereocenters. The molecule has 18 heavy (non-hydrogen) atoms. The number of phenolic OH excluding ortho intramolecular Hbond substituents is 2. The second-order valence-corrected chi connectivity index (χ2v) is 4.01. The minimum atomic E-state index is -1.31. The van der Waals surface area contributed by atoms with Crippen molar-refractivity contribution < 1.29 is 20.4 Å². The van der Waals surface area contributed by atoms with Crippen LogP contribution in [0, 0.1) is 0 Å². The number of hydrogen-bond donors (Lipinski definition) is 4. The second kappa shape index (κ2) is 5.08. The van der Waals surface area contributed by atoms with Crippen LogP contribution in [0.3, 0.4) is 0 Å². The number of benzene rings is 2. The highest BCUT2D eigenvalue weighted by Gasteiger charge is 2.24. The van der Waals surface area contributed by atoms with Gasteiger partial charge in [0.15, 0.2) is 0 Å². The van der Waals surface area contributed by atoms with Crippen molar-refractivity contribution >= 4 is 0 Å². The van der Waals surface area contributed by atoms with E-state index in [9.17, 15) is 20.4 Å². The third-order valence-electron chi connectivity index (χ3n) is 2.81. The normalized spacial score (nSPS) is 14.1. The Labute approximate surface area is 104 Å². The zero-order chi connectivity index (χ0) is 13.1. The van der Waals surface area contributed by atoms with Crippen molar-refractivity contribution in [2.45, 2.75) is 12.2 Å². The first-order valence-corrected chi connectivity index (χ1v) is 5.53. The fraction of sp³-hybridized carbons (Fsp3) is 0.143. The van der Waals surface area contributed by atoms with Gasteiger partial charge in [-0.15, -0.1) is 0 Å². The summed E-state index contributed by atoms with van der Waals surface area (Å²) in [5.74, 6) is -0.195. The van der Waals surface area contributed by atoms with Crippen LogP contribution in [-0.2, 0) is 0 Å². The third kappa shape index (κ3) is 2.30. The molecular formula is C14H14O4. The molecule has 0 aliphatic carbocycles. The fourth-order valence-electron chi connectivity index (χ4n) is 1.82. The largest absolute Gasteiger partial charge is 0.508 e.